The Balaban J connectivity index is 2.65. The second kappa shape index (κ2) is 5.28. The minimum absolute atomic E-state index is 0.442. The van der Waals surface area contributed by atoms with E-state index in [1.165, 1.54) is 0 Å². The lowest BCUT2D eigenvalue weighted by molar-refractivity contribution is 0.425. The van der Waals surface area contributed by atoms with E-state index < -0.39 is 0 Å². The molecule has 1 N–H and O–H groups in total. The molecule has 0 radical (unpaired) electrons. The van der Waals surface area contributed by atoms with Crippen LogP contribution in [0.15, 0.2) is 0 Å². The Labute approximate surface area is 95.7 Å². The molecule has 4 nitrogen and oxygen atoms in total. The average molecular weight is 229 g/mol. The summed E-state index contributed by atoms with van der Waals surface area (Å²) in [6.07, 6.45) is 0. The molecule has 1 heterocycles. The zero-order valence-electron chi connectivity index (χ0n) is 9.63. The number of aryl methyl sites for hydroxylation is 2. The lowest BCUT2D eigenvalue weighted by atomic mass is 10.3. The van der Waals surface area contributed by atoms with Gasteiger partial charge in [-0.15, -0.1) is 0 Å². The molecule has 5 heteroatoms. The zero-order chi connectivity index (χ0) is 11.4. The van der Waals surface area contributed by atoms with Gasteiger partial charge in [-0.2, -0.15) is 0 Å². The first kappa shape index (κ1) is 12.2. The predicted molar refractivity (Wildman–Crippen MR) is 63.6 cm³/mol. The van der Waals surface area contributed by atoms with Gasteiger partial charge in [0.25, 0.3) is 0 Å². The van der Waals surface area contributed by atoms with Crippen LogP contribution in [0.25, 0.3) is 0 Å². The number of nitrogens with one attached hydrogen (secondary N) is 1. The molecule has 15 heavy (non-hydrogen) atoms. The molecule has 0 aliphatic rings. The minimum Gasteiger partial charge on any atom is -0.366 e. The highest BCUT2D eigenvalue weighted by Crippen LogP contribution is 2.17. The molecule has 1 aromatic heterocycles. The molecule has 0 saturated heterocycles. The van der Waals surface area contributed by atoms with Gasteiger partial charge in [0, 0.05) is 13.1 Å². The van der Waals surface area contributed by atoms with Crippen LogP contribution in [-0.2, 0) is 0 Å². The monoisotopic (exact) mass is 228 g/mol. The topological polar surface area (TPSA) is 41.1 Å². The molecule has 0 amide bonds. The fourth-order valence-corrected chi connectivity index (χ4v) is 1.32. The van der Waals surface area contributed by atoms with Crippen molar-refractivity contribution in [1.82, 2.24) is 14.9 Å². The van der Waals surface area contributed by atoms with Crippen molar-refractivity contribution in [2.75, 3.05) is 32.5 Å². The van der Waals surface area contributed by atoms with Crippen LogP contribution in [0.5, 0.6) is 0 Å². The highest BCUT2D eigenvalue weighted by atomic mass is 35.5. The van der Waals surface area contributed by atoms with E-state index in [4.69, 9.17) is 11.6 Å². The molecule has 0 aromatic carbocycles. The van der Waals surface area contributed by atoms with Crippen LogP contribution in [-0.4, -0.2) is 42.1 Å². The molecule has 0 fully saturated rings. The van der Waals surface area contributed by atoms with Crippen LogP contribution in [0.3, 0.4) is 0 Å². The van der Waals surface area contributed by atoms with E-state index in [-0.39, 0.29) is 0 Å². The molecule has 0 aliphatic carbocycles. The molecule has 0 atom stereocenters. The van der Waals surface area contributed by atoms with Gasteiger partial charge in [0.1, 0.15) is 0 Å². The molecule has 0 bridgehead atoms. The van der Waals surface area contributed by atoms with Crippen LogP contribution in [0.2, 0.25) is 5.15 Å². The number of hydrogen-bond acceptors (Lipinski definition) is 4. The smallest absolute Gasteiger partial charge is 0.171 e. The van der Waals surface area contributed by atoms with Crippen LogP contribution < -0.4 is 5.32 Å². The molecule has 0 unspecified atom stereocenters. The molecular formula is C10H17ClN4. The van der Waals surface area contributed by atoms with Crippen molar-refractivity contribution >= 4 is 17.4 Å². The van der Waals surface area contributed by atoms with Crippen molar-refractivity contribution in [2.45, 2.75) is 13.8 Å². The molecule has 0 aliphatic heterocycles. The molecule has 0 saturated carbocycles. The predicted octanol–water partition coefficient (Wildman–Crippen LogP) is 1.72. The Kier molecular flexibility index (Phi) is 4.29. The van der Waals surface area contributed by atoms with Gasteiger partial charge in [-0.25, -0.2) is 9.97 Å². The fraction of sp³-hybridized carbons (Fsp3) is 0.600. The molecular weight excluding hydrogens is 212 g/mol. The highest BCUT2D eigenvalue weighted by molar-refractivity contribution is 6.31. The van der Waals surface area contributed by atoms with Crippen molar-refractivity contribution in [3.63, 3.8) is 0 Å². The van der Waals surface area contributed by atoms with Crippen LogP contribution in [0.4, 0.5) is 5.82 Å². The van der Waals surface area contributed by atoms with Crippen LogP contribution in [0, 0.1) is 13.8 Å². The van der Waals surface area contributed by atoms with Crippen molar-refractivity contribution in [3.8, 4) is 0 Å². The first-order valence-electron chi connectivity index (χ1n) is 4.90. The number of likely N-dealkylation sites (N-methyl/N-ethyl adjacent to an activating group) is 1. The number of nitrogens with zero attached hydrogens (tertiary/aromatic N) is 3. The van der Waals surface area contributed by atoms with Gasteiger partial charge in [0.2, 0.25) is 0 Å². The lowest BCUT2D eigenvalue weighted by Gasteiger charge is -2.12. The third kappa shape index (κ3) is 3.64. The average Bonchev–Trinajstić information content (AvgIpc) is 2.13. The zero-order valence-corrected chi connectivity index (χ0v) is 10.4. The number of anilines is 1. The van der Waals surface area contributed by atoms with E-state index in [1.807, 2.05) is 27.9 Å². The number of hydrogen-bond donors (Lipinski definition) is 1. The van der Waals surface area contributed by atoms with Gasteiger partial charge in [0.15, 0.2) is 11.0 Å². The van der Waals surface area contributed by atoms with Gasteiger partial charge in [-0.05, 0) is 27.9 Å². The van der Waals surface area contributed by atoms with Crippen molar-refractivity contribution in [3.05, 3.63) is 16.5 Å². The van der Waals surface area contributed by atoms with E-state index in [0.29, 0.717) is 11.0 Å². The Morgan fingerprint density at radius 3 is 2.40 bits per heavy atom. The quantitative estimate of drug-likeness (QED) is 0.852. The Morgan fingerprint density at radius 1 is 1.20 bits per heavy atom. The van der Waals surface area contributed by atoms with Crippen LogP contribution >= 0.6 is 11.6 Å². The minimum atomic E-state index is 0.442. The number of rotatable bonds is 4. The third-order valence-electron chi connectivity index (χ3n) is 2.12. The largest absolute Gasteiger partial charge is 0.366 e. The first-order valence-corrected chi connectivity index (χ1v) is 5.28. The Hall–Kier alpha value is -0.870. The van der Waals surface area contributed by atoms with Gasteiger partial charge >= 0.3 is 0 Å². The summed E-state index contributed by atoms with van der Waals surface area (Å²) in [5.74, 6) is 0.668. The summed E-state index contributed by atoms with van der Waals surface area (Å²) < 4.78 is 0. The maximum atomic E-state index is 5.97. The summed E-state index contributed by atoms with van der Waals surface area (Å²) in [6, 6.07) is 0. The van der Waals surface area contributed by atoms with Gasteiger partial charge < -0.3 is 10.2 Å². The summed E-state index contributed by atoms with van der Waals surface area (Å²) in [6.45, 7) is 5.57. The summed E-state index contributed by atoms with van der Waals surface area (Å²) in [7, 11) is 4.05. The number of halogens is 1. The standard InChI is InChI=1S/C10H17ClN4/c1-7-8(2)14-10(9(11)13-7)12-5-6-15(3)4/h5-6H2,1-4H3,(H,12,14). The molecule has 0 spiro atoms. The van der Waals surface area contributed by atoms with E-state index >= 15 is 0 Å². The fourth-order valence-electron chi connectivity index (χ4n) is 1.09. The summed E-state index contributed by atoms with van der Waals surface area (Å²) in [4.78, 5) is 10.6. The first-order chi connectivity index (χ1) is 7.00. The van der Waals surface area contributed by atoms with Gasteiger partial charge in [-0.1, -0.05) is 11.6 Å². The summed E-state index contributed by atoms with van der Waals surface area (Å²) in [5.41, 5.74) is 1.78. The van der Waals surface area contributed by atoms with Crippen LogP contribution in [0.1, 0.15) is 11.4 Å². The van der Waals surface area contributed by atoms with Crippen molar-refractivity contribution in [1.29, 1.82) is 0 Å². The number of aromatic nitrogens is 2. The van der Waals surface area contributed by atoms with E-state index in [2.05, 4.69) is 20.2 Å². The Morgan fingerprint density at radius 2 is 1.80 bits per heavy atom. The second-order valence-electron chi connectivity index (χ2n) is 3.76. The van der Waals surface area contributed by atoms with Crippen molar-refractivity contribution in [2.24, 2.45) is 0 Å². The molecule has 84 valence electrons. The highest BCUT2D eigenvalue weighted by Gasteiger charge is 2.05. The van der Waals surface area contributed by atoms with E-state index in [9.17, 15) is 0 Å². The normalized spacial score (nSPS) is 10.8. The van der Waals surface area contributed by atoms with Gasteiger partial charge in [0.05, 0.1) is 11.4 Å². The lowest BCUT2D eigenvalue weighted by Crippen LogP contribution is -2.21. The van der Waals surface area contributed by atoms with Crippen molar-refractivity contribution < 1.29 is 0 Å². The summed E-state index contributed by atoms with van der Waals surface area (Å²) in [5, 5.41) is 3.61. The van der Waals surface area contributed by atoms with Gasteiger partial charge in [-0.3, -0.25) is 0 Å². The Bertz CT molecular complexity index is 338. The SMILES string of the molecule is Cc1nc(Cl)c(NCCN(C)C)nc1C. The maximum Gasteiger partial charge on any atom is 0.171 e. The van der Waals surface area contributed by atoms with E-state index in [0.717, 1.165) is 24.5 Å². The van der Waals surface area contributed by atoms with E-state index in [1.54, 1.807) is 0 Å². The second-order valence-corrected chi connectivity index (χ2v) is 4.12. The summed E-state index contributed by atoms with van der Waals surface area (Å²) >= 11 is 5.97. The third-order valence-corrected chi connectivity index (χ3v) is 2.38. The molecule has 1 aromatic rings. The maximum absolute atomic E-state index is 5.97. The molecule has 1 rings (SSSR count).